The van der Waals surface area contributed by atoms with Crippen molar-refractivity contribution in [2.24, 2.45) is 0 Å². The van der Waals surface area contributed by atoms with Gasteiger partial charge in [-0.05, 0) is 25.0 Å². The molecule has 3 heteroatoms. The van der Waals surface area contributed by atoms with Gasteiger partial charge >= 0.3 is 0 Å². The largest absolute Gasteiger partial charge is 0.496 e. The van der Waals surface area contributed by atoms with E-state index in [1.165, 1.54) is 0 Å². The van der Waals surface area contributed by atoms with Crippen molar-refractivity contribution in [2.45, 2.75) is 12.8 Å². The van der Waals surface area contributed by atoms with E-state index in [1.807, 2.05) is 29.2 Å². The molecule has 0 N–H and O–H groups in total. The predicted molar refractivity (Wildman–Crippen MR) is 58.1 cm³/mol. The zero-order valence-corrected chi connectivity index (χ0v) is 8.90. The summed E-state index contributed by atoms with van der Waals surface area (Å²) in [6, 6.07) is 7.38. The van der Waals surface area contributed by atoms with Crippen LogP contribution < -0.4 is 4.74 Å². The van der Waals surface area contributed by atoms with E-state index in [1.54, 1.807) is 7.11 Å². The van der Waals surface area contributed by atoms with Gasteiger partial charge in [0.1, 0.15) is 5.75 Å². The second kappa shape index (κ2) is 4.34. The smallest absolute Gasteiger partial charge is 0.257 e. The van der Waals surface area contributed by atoms with Crippen LogP contribution in [0.2, 0.25) is 0 Å². The first-order valence-electron chi connectivity index (χ1n) is 5.25. The summed E-state index contributed by atoms with van der Waals surface area (Å²) in [5.41, 5.74) is 0.668. The van der Waals surface area contributed by atoms with Gasteiger partial charge in [-0.2, -0.15) is 0 Å². The summed E-state index contributed by atoms with van der Waals surface area (Å²) in [4.78, 5) is 14.0. The SMILES string of the molecule is COc1ccccc1C(=O)N1CCCC1. The number of ether oxygens (including phenoxy) is 1. The third-order valence-electron chi connectivity index (χ3n) is 2.73. The third-order valence-corrected chi connectivity index (χ3v) is 2.73. The van der Waals surface area contributed by atoms with Crippen molar-refractivity contribution < 1.29 is 9.53 Å². The van der Waals surface area contributed by atoms with E-state index in [-0.39, 0.29) is 5.91 Å². The summed E-state index contributed by atoms with van der Waals surface area (Å²) in [6.45, 7) is 1.74. The summed E-state index contributed by atoms with van der Waals surface area (Å²) in [7, 11) is 1.59. The summed E-state index contributed by atoms with van der Waals surface area (Å²) in [5, 5.41) is 0. The van der Waals surface area contributed by atoms with E-state index < -0.39 is 0 Å². The lowest BCUT2D eigenvalue weighted by Crippen LogP contribution is -2.27. The average molecular weight is 205 g/mol. The van der Waals surface area contributed by atoms with Crippen molar-refractivity contribution in [3.63, 3.8) is 0 Å². The Kier molecular flexibility index (Phi) is 2.90. The predicted octanol–water partition coefficient (Wildman–Crippen LogP) is 1.93. The molecule has 0 aliphatic carbocycles. The van der Waals surface area contributed by atoms with E-state index in [9.17, 15) is 4.79 Å². The van der Waals surface area contributed by atoms with Crippen LogP contribution in [0.25, 0.3) is 0 Å². The van der Waals surface area contributed by atoms with Crippen LogP contribution in [-0.2, 0) is 0 Å². The monoisotopic (exact) mass is 205 g/mol. The number of para-hydroxylation sites is 1. The molecule has 80 valence electrons. The molecule has 1 amide bonds. The number of benzene rings is 1. The van der Waals surface area contributed by atoms with Crippen molar-refractivity contribution in [2.75, 3.05) is 20.2 Å². The number of hydrogen-bond donors (Lipinski definition) is 0. The molecular weight excluding hydrogens is 190 g/mol. The first kappa shape index (κ1) is 10.0. The number of methoxy groups -OCH3 is 1. The first-order valence-corrected chi connectivity index (χ1v) is 5.25. The van der Waals surface area contributed by atoms with Gasteiger partial charge < -0.3 is 9.64 Å². The Balaban J connectivity index is 2.24. The average Bonchev–Trinajstić information content (AvgIpc) is 2.81. The molecule has 3 nitrogen and oxygen atoms in total. The molecule has 1 aliphatic rings. The van der Waals surface area contributed by atoms with Crippen molar-refractivity contribution in [3.05, 3.63) is 29.8 Å². The quantitative estimate of drug-likeness (QED) is 0.738. The second-order valence-corrected chi connectivity index (χ2v) is 3.70. The van der Waals surface area contributed by atoms with Crippen molar-refractivity contribution >= 4 is 5.91 Å². The zero-order chi connectivity index (χ0) is 10.7. The van der Waals surface area contributed by atoms with E-state index in [0.29, 0.717) is 11.3 Å². The van der Waals surface area contributed by atoms with E-state index in [2.05, 4.69) is 0 Å². The highest BCUT2D eigenvalue weighted by atomic mass is 16.5. The van der Waals surface area contributed by atoms with Gasteiger partial charge in [0.25, 0.3) is 5.91 Å². The standard InChI is InChI=1S/C12H15NO2/c1-15-11-7-3-2-6-10(11)12(14)13-8-4-5-9-13/h2-3,6-7H,4-5,8-9H2,1H3. The number of likely N-dealkylation sites (tertiary alicyclic amines) is 1. The molecule has 1 saturated heterocycles. The molecule has 15 heavy (non-hydrogen) atoms. The maximum atomic E-state index is 12.1. The molecule has 1 aromatic carbocycles. The van der Waals surface area contributed by atoms with Crippen LogP contribution in [0.1, 0.15) is 23.2 Å². The number of carbonyl (C=O) groups excluding carboxylic acids is 1. The van der Waals surface area contributed by atoms with Crippen molar-refractivity contribution in [3.8, 4) is 5.75 Å². The maximum absolute atomic E-state index is 12.1. The minimum atomic E-state index is 0.0879. The Morgan fingerprint density at radius 2 is 1.93 bits per heavy atom. The number of nitrogens with zero attached hydrogens (tertiary/aromatic N) is 1. The highest BCUT2D eigenvalue weighted by Crippen LogP contribution is 2.21. The van der Waals surface area contributed by atoms with E-state index in [0.717, 1.165) is 25.9 Å². The Hall–Kier alpha value is -1.51. The molecule has 0 spiro atoms. The Bertz CT molecular complexity index is 356. The molecule has 2 rings (SSSR count). The van der Waals surface area contributed by atoms with Crippen LogP contribution in [0.5, 0.6) is 5.75 Å². The highest BCUT2D eigenvalue weighted by molar-refractivity contribution is 5.97. The number of carbonyl (C=O) groups is 1. The lowest BCUT2D eigenvalue weighted by Gasteiger charge is -2.16. The fourth-order valence-corrected chi connectivity index (χ4v) is 1.91. The Labute approximate surface area is 89.7 Å². The van der Waals surface area contributed by atoms with Gasteiger partial charge in [-0.25, -0.2) is 0 Å². The van der Waals surface area contributed by atoms with E-state index in [4.69, 9.17) is 4.74 Å². The number of rotatable bonds is 2. The number of amides is 1. The topological polar surface area (TPSA) is 29.5 Å². The Morgan fingerprint density at radius 3 is 2.60 bits per heavy atom. The molecule has 0 atom stereocenters. The van der Waals surface area contributed by atoms with E-state index >= 15 is 0 Å². The van der Waals surface area contributed by atoms with Crippen LogP contribution in [0.4, 0.5) is 0 Å². The molecule has 0 bridgehead atoms. The normalized spacial score (nSPS) is 15.4. The van der Waals surface area contributed by atoms with Crippen LogP contribution in [0.15, 0.2) is 24.3 Å². The highest BCUT2D eigenvalue weighted by Gasteiger charge is 2.21. The molecule has 1 aromatic rings. The molecule has 1 heterocycles. The summed E-state index contributed by atoms with van der Waals surface area (Å²) in [6.07, 6.45) is 2.22. The van der Waals surface area contributed by atoms with Crippen LogP contribution >= 0.6 is 0 Å². The van der Waals surface area contributed by atoms with Gasteiger partial charge in [0.15, 0.2) is 0 Å². The second-order valence-electron chi connectivity index (χ2n) is 3.70. The fourth-order valence-electron chi connectivity index (χ4n) is 1.91. The fraction of sp³-hybridized carbons (Fsp3) is 0.417. The minimum absolute atomic E-state index is 0.0879. The summed E-state index contributed by atoms with van der Waals surface area (Å²) >= 11 is 0. The minimum Gasteiger partial charge on any atom is -0.496 e. The van der Waals surface area contributed by atoms with Gasteiger partial charge in [-0.15, -0.1) is 0 Å². The van der Waals surface area contributed by atoms with Crippen molar-refractivity contribution in [1.82, 2.24) is 4.90 Å². The third kappa shape index (κ3) is 1.96. The lowest BCUT2D eigenvalue weighted by atomic mass is 10.2. The van der Waals surface area contributed by atoms with Crippen molar-refractivity contribution in [1.29, 1.82) is 0 Å². The molecule has 1 fully saturated rings. The molecule has 0 radical (unpaired) electrons. The Morgan fingerprint density at radius 1 is 1.27 bits per heavy atom. The summed E-state index contributed by atoms with van der Waals surface area (Å²) in [5.74, 6) is 0.749. The summed E-state index contributed by atoms with van der Waals surface area (Å²) < 4.78 is 5.18. The van der Waals surface area contributed by atoms with Gasteiger partial charge in [0.2, 0.25) is 0 Å². The molecule has 0 aromatic heterocycles. The maximum Gasteiger partial charge on any atom is 0.257 e. The van der Waals surface area contributed by atoms with Gasteiger partial charge in [-0.3, -0.25) is 4.79 Å². The molecule has 0 unspecified atom stereocenters. The van der Waals surface area contributed by atoms with Gasteiger partial charge in [-0.1, -0.05) is 12.1 Å². The molecule has 1 aliphatic heterocycles. The number of hydrogen-bond acceptors (Lipinski definition) is 2. The zero-order valence-electron chi connectivity index (χ0n) is 8.90. The van der Waals surface area contributed by atoms with Gasteiger partial charge in [0.05, 0.1) is 12.7 Å². The van der Waals surface area contributed by atoms with Crippen LogP contribution in [0.3, 0.4) is 0 Å². The lowest BCUT2D eigenvalue weighted by molar-refractivity contribution is 0.0789. The van der Waals surface area contributed by atoms with Gasteiger partial charge in [0, 0.05) is 13.1 Å². The van der Waals surface area contributed by atoms with Crippen LogP contribution in [-0.4, -0.2) is 31.0 Å². The molecule has 0 saturated carbocycles. The van der Waals surface area contributed by atoms with Crippen LogP contribution in [0, 0.1) is 0 Å². The molecular formula is C12H15NO2. The first-order chi connectivity index (χ1) is 7.33.